The fourth-order valence-electron chi connectivity index (χ4n) is 4.75. The number of carboxylic acid groups (broad SMARTS) is 1. The minimum absolute atomic E-state index is 0.0482. The Morgan fingerprint density at radius 1 is 0.966 bits per heavy atom. The molecule has 1 saturated carbocycles. The lowest BCUT2D eigenvalue weighted by Gasteiger charge is -2.27. The minimum Gasteiger partial charge on any atom is -0.548 e. The van der Waals surface area contributed by atoms with Crippen molar-refractivity contribution in [2.45, 2.75) is 50.5 Å². The number of carbonyl (C=O) groups is 2. The number of fused-ring (bicyclic) bond motifs is 3. The Balaban J connectivity index is 1.39. The van der Waals surface area contributed by atoms with E-state index in [-0.39, 0.29) is 12.5 Å². The van der Waals surface area contributed by atoms with Crippen molar-refractivity contribution in [1.29, 1.82) is 0 Å². The second-order valence-corrected chi connectivity index (χ2v) is 8.08. The number of carbonyl (C=O) groups excluding carboxylic acids is 2. The van der Waals surface area contributed by atoms with Crippen molar-refractivity contribution < 1.29 is 19.4 Å². The average molecular weight is 392 g/mol. The first-order chi connectivity index (χ1) is 14.1. The van der Waals surface area contributed by atoms with E-state index in [1.807, 2.05) is 36.4 Å². The van der Waals surface area contributed by atoms with Crippen molar-refractivity contribution in [3.8, 4) is 11.1 Å². The quantitative estimate of drug-likeness (QED) is 0.814. The zero-order chi connectivity index (χ0) is 20.2. The molecule has 0 aromatic heterocycles. The summed E-state index contributed by atoms with van der Waals surface area (Å²) in [6.45, 7) is 0.170. The van der Waals surface area contributed by atoms with Crippen LogP contribution in [0.2, 0.25) is 0 Å². The Kier molecular flexibility index (Phi) is 5.84. The van der Waals surface area contributed by atoms with Gasteiger partial charge in [-0.15, -0.1) is 0 Å². The molecule has 1 amide bonds. The lowest BCUT2D eigenvalue weighted by atomic mass is 9.85. The zero-order valence-corrected chi connectivity index (χ0v) is 16.4. The summed E-state index contributed by atoms with van der Waals surface area (Å²) >= 11 is 0. The number of benzene rings is 2. The van der Waals surface area contributed by atoms with E-state index in [9.17, 15) is 14.7 Å². The lowest BCUT2D eigenvalue weighted by molar-refractivity contribution is -0.308. The lowest BCUT2D eigenvalue weighted by Crippen LogP contribution is -2.49. The molecule has 0 radical (unpaired) electrons. The van der Waals surface area contributed by atoms with E-state index in [1.165, 1.54) is 6.42 Å². The highest BCUT2D eigenvalue weighted by Crippen LogP contribution is 2.44. The molecule has 1 N–H and O–H groups in total. The van der Waals surface area contributed by atoms with Crippen LogP contribution < -0.4 is 10.4 Å². The molecule has 2 aliphatic rings. The molecule has 0 bridgehead atoms. The van der Waals surface area contributed by atoms with Gasteiger partial charge in [-0.1, -0.05) is 80.6 Å². The third-order valence-electron chi connectivity index (χ3n) is 6.21. The number of hydrogen-bond donors (Lipinski definition) is 1. The maximum absolute atomic E-state index is 12.4. The highest BCUT2D eigenvalue weighted by atomic mass is 16.5. The van der Waals surface area contributed by atoms with Crippen molar-refractivity contribution in [2.24, 2.45) is 5.92 Å². The number of carboxylic acids is 1. The Hall–Kier alpha value is -2.82. The van der Waals surface area contributed by atoms with E-state index in [0.29, 0.717) is 12.3 Å². The van der Waals surface area contributed by atoms with Crippen LogP contribution in [0, 0.1) is 5.92 Å². The van der Waals surface area contributed by atoms with Gasteiger partial charge in [0.25, 0.3) is 0 Å². The molecule has 5 heteroatoms. The first-order valence-electron chi connectivity index (χ1n) is 10.5. The third kappa shape index (κ3) is 4.29. The molecule has 1 atom stereocenters. The maximum Gasteiger partial charge on any atom is 0.407 e. The van der Waals surface area contributed by atoms with Gasteiger partial charge in [0.05, 0.1) is 12.0 Å². The van der Waals surface area contributed by atoms with Gasteiger partial charge < -0.3 is 20.0 Å². The SMILES string of the molecule is O=C(N[C@H](CC1CCCCC1)C(=O)[O-])OCC1c2ccccc2-c2ccccc21. The van der Waals surface area contributed by atoms with Crippen molar-refractivity contribution in [1.82, 2.24) is 5.32 Å². The van der Waals surface area contributed by atoms with E-state index >= 15 is 0 Å². The maximum atomic E-state index is 12.4. The minimum atomic E-state index is -1.25. The topological polar surface area (TPSA) is 78.5 Å². The summed E-state index contributed by atoms with van der Waals surface area (Å²) in [5, 5.41) is 14.0. The van der Waals surface area contributed by atoms with Gasteiger partial charge in [0.1, 0.15) is 6.61 Å². The van der Waals surface area contributed by atoms with Crippen LogP contribution in [0.25, 0.3) is 11.1 Å². The molecule has 2 aromatic carbocycles. The van der Waals surface area contributed by atoms with Crippen molar-refractivity contribution in [2.75, 3.05) is 6.61 Å². The standard InChI is InChI=1S/C24H27NO4/c26-23(27)22(14-16-8-2-1-3-9-16)25-24(28)29-15-21-19-12-6-4-10-17(19)18-11-5-7-13-20(18)21/h4-7,10-13,16,21-22H,1-3,8-9,14-15H2,(H,25,28)(H,26,27)/p-1/t22-/m1/s1. The van der Waals surface area contributed by atoms with Gasteiger partial charge in [0.2, 0.25) is 0 Å². The molecule has 4 rings (SSSR count). The molecule has 1 fully saturated rings. The van der Waals surface area contributed by atoms with Crippen LogP contribution in [0.4, 0.5) is 4.79 Å². The largest absolute Gasteiger partial charge is 0.548 e. The van der Waals surface area contributed by atoms with Gasteiger partial charge in [-0.25, -0.2) is 4.79 Å². The van der Waals surface area contributed by atoms with Gasteiger partial charge in [0.15, 0.2) is 0 Å². The molecule has 2 aliphatic carbocycles. The van der Waals surface area contributed by atoms with Gasteiger partial charge in [-0.3, -0.25) is 0 Å². The summed E-state index contributed by atoms with van der Waals surface area (Å²) in [5.41, 5.74) is 4.56. The third-order valence-corrected chi connectivity index (χ3v) is 6.21. The highest BCUT2D eigenvalue weighted by molar-refractivity contribution is 5.80. The summed E-state index contributed by atoms with van der Waals surface area (Å²) in [7, 11) is 0. The summed E-state index contributed by atoms with van der Waals surface area (Å²) in [6, 6.07) is 15.2. The van der Waals surface area contributed by atoms with E-state index in [4.69, 9.17) is 4.74 Å². The summed E-state index contributed by atoms with van der Waals surface area (Å²) < 4.78 is 5.47. The van der Waals surface area contributed by atoms with Crippen LogP contribution in [-0.2, 0) is 9.53 Å². The van der Waals surface area contributed by atoms with Gasteiger partial charge in [0, 0.05) is 5.92 Å². The average Bonchev–Trinajstić information content (AvgIpc) is 3.06. The van der Waals surface area contributed by atoms with E-state index in [0.717, 1.165) is 47.9 Å². The molecule has 0 unspecified atom stereocenters. The predicted octanol–water partition coefficient (Wildman–Crippen LogP) is 3.61. The van der Waals surface area contributed by atoms with Crippen molar-refractivity contribution in [3.63, 3.8) is 0 Å². The monoisotopic (exact) mass is 392 g/mol. The second kappa shape index (κ2) is 8.68. The first-order valence-corrected chi connectivity index (χ1v) is 10.5. The zero-order valence-electron chi connectivity index (χ0n) is 16.4. The molecule has 0 aliphatic heterocycles. The van der Waals surface area contributed by atoms with Crippen LogP contribution in [0.5, 0.6) is 0 Å². The number of aliphatic carboxylic acids is 1. The molecule has 5 nitrogen and oxygen atoms in total. The Labute approximate surface area is 171 Å². The smallest absolute Gasteiger partial charge is 0.407 e. The Bertz CT molecular complexity index is 842. The van der Waals surface area contributed by atoms with Crippen LogP contribution in [-0.4, -0.2) is 24.7 Å². The van der Waals surface area contributed by atoms with Crippen LogP contribution in [0.3, 0.4) is 0 Å². The van der Waals surface area contributed by atoms with Gasteiger partial charge in [-0.05, 0) is 34.6 Å². The number of nitrogens with one attached hydrogen (secondary N) is 1. The first kappa shape index (κ1) is 19.5. The molecule has 0 heterocycles. The Morgan fingerprint density at radius 2 is 1.55 bits per heavy atom. The van der Waals surface area contributed by atoms with E-state index < -0.39 is 18.1 Å². The molecule has 0 spiro atoms. The van der Waals surface area contributed by atoms with E-state index in [2.05, 4.69) is 17.4 Å². The number of hydrogen-bond acceptors (Lipinski definition) is 4. The fourth-order valence-corrected chi connectivity index (χ4v) is 4.75. The van der Waals surface area contributed by atoms with Gasteiger partial charge >= 0.3 is 6.09 Å². The highest BCUT2D eigenvalue weighted by Gasteiger charge is 2.29. The Morgan fingerprint density at radius 3 is 2.14 bits per heavy atom. The number of ether oxygens (including phenoxy) is 1. The van der Waals surface area contributed by atoms with Crippen molar-refractivity contribution in [3.05, 3.63) is 59.7 Å². The van der Waals surface area contributed by atoms with Crippen LogP contribution >= 0.6 is 0 Å². The molecule has 29 heavy (non-hydrogen) atoms. The normalized spacial score (nSPS) is 17.2. The molecule has 2 aromatic rings. The van der Waals surface area contributed by atoms with Crippen molar-refractivity contribution >= 4 is 12.1 Å². The number of rotatable bonds is 6. The fraction of sp³-hybridized carbons (Fsp3) is 0.417. The summed E-state index contributed by atoms with van der Waals surface area (Å²) in [6.07, 6.45) is 5.17. The summed E-state index contributed by atoms with van der Waals surface area (Å²) in [4.78, 5) is 23.9. The number of amides is 1. The molecular formula is C24H26NO4-. The predicted molar refractivity (Wildman–Crippen MR) is 108 cm³/mol. The number of alkyl carbamates (subject to hydrolysis) is 1. The molecular weight excluding hydrogens is 366 g/mol. The van der Waals surface area contributed by atoms with Gasteiger partial charge in [-0.2, -0.15) is 0 Å². The summed E-state index contributed by atoms with van der Waals surface area (Å²) in [5.74, 6) is -0.975. The van der Waals surface area contributed by atoms with Crippen LogP contribution in [0.15, 0.2) is 48.5 Å². The molecule has 152 valence electrons. The molecule has 0 saturated heterocycles. The van der Waals surface area contributed by atoms with E-state index in [1.54, 1.807) is 0 Å². The van der Waals surface area contributed by atoms with Crippen LogP contribution in [0.1, 0.15) is 55.6 Å². The second-order valence-electron chi connectivity index (χ2n) is 8.08.